The summed E-state index contributed by atoms with van der Waals surface area (Å²) in [6.45, 7) is 0.599. The molecular formula is C15H15ClN6S. The van der Waals surface area contributed by atoms with Crippen molar-refractivity contribution in [2.45, 2.75) is 6.54 Å². The summed E-state index contributed by atoms with van der Waals surface area (Å²) in [6, 6.07) is 9.55. The third-order valence-electron chi connectivity index (χ3n) is 3.14. The van der Waals surface area contributed by atoms with Gasteiger partial charge in [0.05, 0.1) is 18.4 Å². The number of nitrogens with one attached hydrogen (secondary N) is 2. The summed E-state index contributed by atoms with van der Waals surface area (Å²) in [5.41, 5.74) is 1.81. The van der Waals surface area contributed by atoms with Crippen LogP contribution >= 0.6 is 23.8 Å². The summed E-state index contributed by atoms with van der Waals surface area (Å²) in [6.07, 6.45) is 5.42. The molecule has 118 valence electrons. The number of nitrogens with zero attached hydrogens (tertiary/aromatic N) is 4. The molecule has 3 rings (SSSR count). The van der Waals surface area contributed by atoms with Crippen LogP contribution in [-0.4, -0.2) is 24.7 Å². The van der Waals surface area contributed by atoms with Crippen LogP contribution in [0.1, 0.15) is 5.56 Å². The van der Waals surface area contributed by atoms with E-state index in [2.05, 4.69) is 20.8 Å². The molecular weight excluding hydrogens is 332 g/mol. The van der Waals surface area contributed by atoms with Gasteiger partial charge in [-0.15, -0.1) is 0 Å². The highest BCUT2D eigenvalue weighted by atomic mass is 35.5. The van der Waals surface area contributed by atoms with E-state index >= 15 is 0 Å². The number of hydrogen-bond acceptors (Lipinski definition) is 3. The molecule has 1 aromatic carbocycles. The van der Waals surface area contributed by atoms with E-state index in [1.165, 1.54) is 0 Å². The number of rotatable bonds is 4. The van der Waals surface area contributed by atoms with Crippen LogP contribution in [0.15, 0.2) is 48.9 Å². The van der Waals surface area contributed by atoms with Crippen molar-refractivity contribution in [3.63, 3.8) is 0 Å². The van der Waals surface area contributed by atoms with Crippen LogP contribution in [0, 0.1) is 0 Å². The fourth-order valence-electron chi connectivity index (χ4n) is 2.08. The van der Waals surface area contributed by atoms with Crippen molar-refractivity contribution >= 4 is 40.4 Å². The van der Waals surface area contributed by atoms with Gasteiger partial charge >= 0.3 is 0 Å². The van der Waals surface area contributed by atoms with E-state index in [1.807, 2.05) is 49.8 Å². The summed E-state index contributed by atoms with van der Waals surface area (Å²) < 4.78 is 3.50. The third kappa shape index (κ3) is 4.08. The second kappa shape index (κ2) is 6.80. The molecule has 0 atom stereocenters. The van der Waals surface area contributed by atoms with Gasteiger partial charge in [-0.05, 0) is 23.8 Å². The fraction of sp³-hybridized carbons (Fsp3) is 0.133. The largest absolute Gasteiger partial charge is 0.330 e. The second-order valence-electron chi connectivity index (χ2n) is 4.97. The summed E-state index contributed by atoms with van der Waals surface area (Å²) in [7, 11) is 1.85. The van der Waals surface area contributed by atoms with E-state index in [9.17, 15) is 0 Å². The Balaban J connectivity index is 1.61. The number of benzene rings is 1. The Bertz CT molecular complexity index is 825. The van der Waals surface area contributed by atoms with Crippen molar-refractivity contribution in [2.24, 2.45) is 7.05 Å². The highest BCUT2D eigenvalue weighted by Crippen LogP contribution is 2.17. The Labute approximate surface area is 144 Å². The average molecular weight is 347 g/mol. The van der Waals surface area contributed by atoms with Crippen LogP contribution < -0.4 is 10.6 Å². The van der Waals surface area contributed by atoms with Gasteiger partial charge in [0.2, 0.25) is 0 Å². The number of thiocarbonyl (C=S) groups is 1. The summed E-state index contributed by atoms with van der Waals surface area (Å²) in [4.78, 5) is 0. The lowest BCUT2D eigenvalue weighted by atomic mass is 10.2. The zero-order valence-electron chi connectivity index (χ0n) is 12.4. The smallest absolute Gasteiger partial charge is 0.176 e. The van der Waals surface area contributed by atoms with Crippen molar-refractivity contribution in [3.8, 4) is 0 Å². The highest BCUT2D eigenvalue weighted by molar-refractivity contribution is 7.80. The van der Waals surface area contributed by atoms with Gasteiger partial charge in [0.15, 0.2) is 10.9 Å². The number of halogens is 1. The van der Waals surface area contributed by atoms with E-state index in [0.29, 0.717) is 17.5 Å². The van der Waals surface area contributed by atoms with Gasteiger partial charge in [0, 0.05) is 30.5 Å². The minimum absolute atomic E-state index is 0.459. The molecule has 0 aliphatic carbocycles. The normalized spacial score (nSPS) is 10.5. The molecule has 0 fully saturated rings. The topological polar surface area (TPSA) is 59.7 Å². The van der Waals surface area contributed by atoms with Gasteiger partial charge in [-0.3, -0.25) is 9.36 Å². The molecule has 0 aliphatic heterocycles. The number of aromatic nitrogens is 4. The van der Waals surface area contributed by atoms with Gasteiger partial charge < -0.3 is 10.6 Å². The lowest BCUT2D eigenvalue weighted by Gasteiger charge is -2.06. The summed E-state index contributed by atoms with van der Waals surface area (Å²) in [5, 5.41) is 15.8. The van der Waals surface area contributed by atoms with E-state index < -0.39 is 0 Å². The van der Waals surface area contributed by atoms with Gasteiger partial charge in [0.1, 0.15) is 0 Å². The van der Waals surface area contributed by atoms with Crippen LogP contribution in [0.5, 0.6) is 0 Å². The molecule has 0 spiro atoms. The molecule has 2 aromatic heterocycles. The van der Waals surface area contributed by atoms with Crippen molar-refractivity contribution in [2.75, 3.05) is 10.6 Å². The zero-order valence-corrected chi connectivity index (χ0v) is 14.0. The minimum Gasteiger partial charge on any atom is -0.330 e. The van der Waals surface area contributed by atoms with Crippen molar-refractivity contribution in [3.05, 3.63) is 59.5 Å². The first-order valence-electron chi connectivity index (χ1n) is 6.94. The predicted octanol–water partition coefficient (Wildman–Crippen LogP) is 3.13. The Kier molecular flexibility index (Phi) is 4.59. The summed E-state index contributed by atoms with van der Waals surface area (Å²) in [5.74, 6) is 0.688. The minimum atomic E-state index is 0.459. The van der Waals surface area contributed by atoms with Gasteiger partial charge in [-0.2, -0.15) is 10.2 Å². The molecule has 0 saturated heterocycles. The van der Waals surface area contributed by atoms with Gasteiger partial charge in [0.25, 0.3) is 0 Å². The molecule has 6 nitrogen and oxygen atoms in total. The quantitative estimate of drug-likeness (QED) is 0.711. The van der Waals surface area contributed by atoms with Crippen molar-refractivity contribution in [1.82, 2.24) is 19.6 Å². The molecule has 23 heavy (non-hydrogen) atoms. The van der Waals surface area contributed by atoms with Gasteiger partial charge in [-0.1, -0.05) is 29.8 Å². The van der Waals surface area contributed by atoms with Crippen molar-refractivity contribution < 1.29 is 0 Å². The Morgan fingerprint density at radius 1 is 1.26 bits per heavy atom. The van der Waals surface area contributed by atoms with Crippen molar-refractivity contribution in [1.29, 1.82) is 0 Å². The molecule has 0 amide bonds. The number of aryl methyl sites for hydroxylation is 1. The molecule has 0 unspecified atom stereocenters. The third-order valence-corrected chi connectivity index (χ3v) is 3.71. The van der Waals surface area contributed by atoms with E-state index in [-0.39, 0.29) is 0 Å². The summed E-state index contributed by atoms with van der Waals surface area (Å²) >= 11 is 11.4. The first kappa shape index (κ1) is 15.5. The maximum Gasteiger partial charge on any atom is 0.176 e. The van der Waals surface area contributed by atoms with E-state index in [4.69, 9.17) is 23.8 Å². The predicted molar refractivity (Wildman–Crippen MR) is 95.8 cm³/mol. The molecule has 0 saturated carbocycles. The maximum absolute atomic E-state index is 6.16. The average Bonchev–Trinajstić information content (AvgIpc) is 3.11. The molecule has 2 N–H and O–H groups in total. The maximum atomic E-state index is 6.16. The number of anilines is 2. The van der Waals surface area contributed by atoms with Crippen LogP contribution in [-0.2, 0) is 13.6 Å². The first-order valence-corrected chi connectivity index (χ1v) is 7.72. The van der Waals surface area contributed by atoms with Crippen LogP contribution in [0.25, 0.3) is 0 Å². The lowest BCUT2D eigenvalue weighted by molar-refractivity contribution is 0.687. The Morgan fingerprint density at radius 3 is 2.83 bits per heavy atom. The monoisotopic (exact) mass is 346 g/mol. The molecule has 3 aromatic rings. The Hall–Kier alpha value is -2.38. The van der Waals surface area contributed by atoms with Crippen LogP contribution in [0.3, 0.4) is 0 Å². The highest BCUT2D eigenvalue weighted by Gasteiger charge is 2.05. The van der Waals surface area contributed by atoms with Gasteiger partial charge in [-0.25, -0.2) is 0 Å². The molecule has 8 heteroatoms. The zero-order chi connectivity index (χ0) is 16.2. The second-order valence-corrected chi connectivity index (χ2v) is 5.79. The molecule has 2 heterocycles. The molecule has 0 aliphatic rings. The molecule has 0 bridgehead atoms. The first-order chi connectivity index (χ1) is 11.1. The van der Waals surface area contributed by atoms with Crippen LogP contribution in [0.2, 0.25) is 5.02 Å². The lowest BCUT2D eigenvalue weighted by Crippen LogP contribution is -2.19. The fourth-order valence-corrected chi connectivity index (χ4v) is 2.49. The Morgan fingerprint density at radius 2 is 2.09 bits per heavy atom. The number of hydrogen-bond donors (Lipinski definition) is 2. The SMILES string of the molecule is Cn1ccc(NC(=S)Nc2cnn(Cc3ccccc3Cl)c2)n1. The van der Waals surface area contributed by atoms with Crippen LogP contribution in [0.4, 0.5) is 11.5 Å². The van der Waals surface area contributed by atoms with E-state index in [0.717, 1.165) is 16.3 Å². The molecule has 0 radical (unpaired) electrons. The van der Waals surface area contributed by atoms with E-state index in [1.54, 1.807) is 15.6 Å². The standard InChI is InChI=1S/C15H15ClN6S/c1-21-7-6-14(20-21)19-15(23)18-12-8-17-22(10-12)9-11-4-2-3-5-13(11)16/h2-8,10H,9H2,1H3,(H2,18,19,20,23).